The molecule has 6 nitrogen and oxygen atoms in total. The maximum absolute atomic E-state index is 14.0. The highest BCUT2D eigenvalue weighted by molar-refractivity contribution is 9.10. The molecule has 0 radical (unpaired) electrons. The van der Waals surface area contributed by atoms with Crippen molar-refractivity contribution in [3.05, 3.63) is 92.9 Å². The Labute approximate surface area is 203 Å². The second-order valence-electron chi connectivity index (χ2n) is 6.92. The number of hydrogen-bond donors (Lipinski definition) is 1. The van der Waals surface area contributed by atoms with Gasteiger partial charge in [0.1, 0.15) is 12.4 Å². The molecule has 168 valence electrons. The SMILES string of the molecule is CCOc1cc(/C=N\n2c(-c3ccccc3)n[nH]c2=S)cc(Br)c1OCc1ccccc1F. The molecule has 0 amide bonds. The van der Waals surface area contributed by atoms with E-state index in [0.29, 0.717) is 38.7 Å². The van der Waals surface area contributed by atoms with Crippen LogP contribution in [-0.4, -0.2) is 27.7 Å². The largest absolute Gasteiger partial charge is 0.490 e. The van der Waals surface area contributed by atoms with E-state index < -0.39 is 0 Å². The topological polar surface area (TPSA) is 64.4 Å². The molecule has 4 aromatic rings. The molecule has 0 aliphatic heterocycles. The predicted molar refractivity (Wildman–Crippen MR) is 132 cm³/mol. The number of H-pyrrole nitrogens is 1. The van der Waals surface area contributed by atoms with Crippen LogP contribution in [0.25, 0.3) is 11.4 Å². The maximum Gasteiger partial charge on any atom is 0.216 e. The summed E-state index contributed by atoms with van der Waals surface area (Å²) < 4.78 is 28.2. The Morgan fingerprint density at radius 3 is 2.64 bits per heavy atom. The molecule has 1 heterocycles. The van der Waals surface area contributed by atoms with Gasteiger partial charge >= 0.3 is 0 Å². The van der Waals surface area contributed by atoms with Crippen molar-refractivity contribution in [1.29, 1.82) is 0 Å². The molecule has 9 heteroatoms. The Bertz CT molecular complexity index is 1340. The van der Waals surface area contributed by atoms with Gasteiger partial charge in [-0.3, -0.25) is 0 Å². The quantitative estimate of drug-likeness (QED) is 0.214. The average molecular weight is 527 g/mol. The van der Waals surface area contributed by atoms with Crippen molar-refractivity contribution in [2.24, 2.45) is 5.10 Å². The van der Waals surface area contributed by atoms with Crippen LogP contribution in [-0.2, 0) is 6.61 Å². The zero-order valence-electron chi connectivity index (χ0n) is 17.7. The van der Waals surface area contributed by atoms with Gasteiger partial charge in [-0.05, 0) is 58.8 Å². The lowest BCUT2D eigenvalue weighted by Crippen LogP contribution is -2.03. The molecule has 0 unspecified atom stereocenters. The first kappa shape index (κ1) is 22.9. The van der Waals surface area contributed by atoms with E-state index in [4.69, 9.17) is 21.7 Å². The summed E-state index contributed by atoms with van der Waals surface area (Å²) >= 11 is 8.88. The fraction of sp³-hybridized carbons (Fsp3) is 0.125. The van der Waals surface area contributed by atoms with Crippen molar-refractivity contribution in [3.63, 3.8) is 0 Å². The number of nitrogens with one attached hydrogen (secondary N) is 1. The molecule has 0 spiro atoms. The van der Waals surface area contributed by atoms with E-state index in [0.717, 1.165) is 11.1 Å². The van der Waals surface area contributed by atoms with Gasteiger partial charge in [-0.2, -0.15) is 14.9 Å². The molecule has 0 bridgehead atoms. The number of hydrogen-bond acceptors (Lipinski definition) is 5. The number of aromatic amines is 1. The highest BCUT2D eigenvalue weighted by atomic mass is 79.9. The minimum Gasteiger partial charge on any atom is -0.490 e. The Hall–Kier alpha value is -3.30. The van der Waals surface area contributed by atoms with Crippen LogP contribution in [0.5, 0.6) is 11.5 Å². The predicted octanol–water partition coefficient (Wildman–Crippen LogP) is 6.37. The van der Waals surface area contributed by atoms with Gasteiger partial charge in [0.15, 0.2) is 17.3 Å². The number of nitrogens with zero attached hydrogens (tertiary/aromatic N) is 3. The van der Waals surface area contributed by atoms with E-state index in [2.05, 4.69) is 31.2 Å². The molecule has 33 heavy (non-hydrogen) atoms. The van der Waals surface area contributed by atoms with E-state index >= 15 is 0 Å². The lowest BCUT2D eigenvalue weighted by molar-refractivity contribution is 0.264. The van der Waals surface area contributed by atoms with E-state index in [9.17, 15) is 4.39 Å². The summed E-state index contributed by atoms with van der Waals surface area (Å²) in [6.07, 6.45) is 1.66. The van der Waals surface area contributed by atoms with Gasteiger partial charge in [0.25, 0.3) is 0 Å². The van der Waals surface area contributed by atoms with Crippen LogP contribution in [0.1, 0.15) is 18.1 Å². The third-order valence-corrected chi connectivity index (χ3v) is 5.52. The number of halogens is 2. The first-order chi connectivity index (χ1) is 16.1. The molecule has 1 aromatic heterocycles. The average Bonchev–Trinajstić information content (AvgIpc) is 3.19. The van der Waals surface area contributed by atoms with Crippen molar-refractivity contribution >= 4 is 34.4 Å². The van der Waals surface area contributed by atoms with Gasteiger partial charge in [-0.1, -0.05) is 48.5 Å². The first-order valence-corrected chi connectivity index (χ1v) is 11.4. The summed E-state index contributed by atoms with van der Waals surface area (Å²) in [5.74, 6) is 1.29. The maximum atomic E-state index is 14.0. The van der Waals surface area contributed by atoms with E-state index in [1.54, 1.807) is 35.2 Å². The zero-order valence-corrected chi connectivity index (χ0v) is 20.1. The smallest absolute Gasteiger partial charge is 0.216 e. The van der Waals surface area contributed by atoms with Crippen molar-refractivity contribution in [2.75, 3.05) is 6.61 Å². The zero-order chi connectivity index (χ0) is 23.2. The third kappa shape index (κ3) is 5.37. The summed E-state index contributed by atoms with van der Waals surface area (Å²) in [5.41, 5.74) is 2.10. The molecule has 0 saturated carbocycles. The highest BCUT2D eigenvalue weighted by Gasteiger charge is 2.14. The summed E-state index contributed by atoms with van der Waals surface area (Å²) in [6.45, 7) is 2.39. The van der Waals surface area contributed by atoms with Crippen molar-refractivity contribution in [2.45, 2.75) is 13.5 Å². The number of benzene rings is 3. The Morgan fingerprint density at radius 2 is 1.88 bits per heavy atom. The normalized spacial score (nSPS) is 11.1. The number of ether oxygens (including phenoxy) is 2. The summed E-state index contributed by atoms with van der Waals surface area (Å²) in [6, 6.07) is 19.8. The molecule has 1 N–H and O–H groups in total. The van der Waals surface area contributed by atoms with Crippen LogP contribution < -0.4 is 9.47 Å². The Kier molecular flexibility index (Phi) is 7.31. The van der Waals surface area contributed by atoms with Gasteiger partial charge in [-0.15, -0.1) is 0 Å². The third-order valence-electron chi connectivity index (χ3n) is 4.67. The molecule has 0 fully saturated rings. The lowest BCUT2D eigenvalue weighted by Gasteiger charge is -2.15. The van der Waals surface area contributed by atoms with Gasteiger partial charge < -0.3 is 9.47 Å². The van der Waals surface area contributed by atoms with E-state index in [-0.39, 0.29) is 12.4 Å². The molecule has 0 saturated heterocycles. The fourth-order valence-corrected chi connectivity index (χ4v) is 3.88. The summed E-state index contributed by atoms with van der Waals surface area (Å²) in [5, 5.41) is 11.6. The van der Waals surface area contributed by atoms with E-state index in [1.165, 1.54) is 6.07 Å². The number of rotatable bonds is 8. The van der Waals surface area contributed by atoms with Crippen LogP contribution in [0, 0.1) is 10.6 Å². The molecule has 3 aromatic carbocycles. The van der Waals surface area contributed by atoms with Crippen molar-refractivity contribution in [1.82, 2.24) is 14.9 Å². The lowest BCUT2D eigenvalue weighted by atomic mass is 10.2. The monoisotopic (exact) mass is 526 g/mol. The Morgan fingerprint density at radius 1 is 1.12 bits per heavy atom. The molecule has 0 aliphatic carbocycles. The first-order valence-electron chi connectivity index (χ1n) is 10.2. The van der Waals surface area contributed by atoms with Crippen LogP contribution in [0.15, 0.2) is 76.3 Å². The van der Waals surface area contributed by atoms with Gasteiger partial charge in [0, 0.05) is 11.1 Å². The minimum atomic E-state index is -0.318. The van der Waals surface area contributed by atoms with Crippen LogP contribution in [0.3, 0.4) is 0 Å². The number of aromatic nitrogens is 3. The molecule has 0 aliphatic rings. The van der Waals surface area contributed by atoms with Crippen molar-refractivity contribution < 1.29 is 13.9 Å². The highest BCUT2D eigenvalue weighted by Crippen LogP contribution is 2.37. The summed E-state index contributed by atoms with van der Waals surface area (Å²) in [7, 11) is 0. The van der Waals surface area contributed by atoms with Gasteiger partial charge in [0.05, 0.1) is 17.3 Å². The van der Waals surface area contributed by atoms with Gasteiger partial charge in [0.2, 0.25) is 4.77 Å². The second-order valence-corrected chi connectivity index (χ2v) is 8.16. The fourth-order valence-electron chi connectivity index (χ4n) is 3.13. The van der Waals surface area contributed by atoms with E-state index in [1.807, 2.05) is 43.3 Å². The second kappa shape index (κ2) is 10.5. The Balaban J connectivity index is 1.62. The molecular weight excluding hydrogens is 507 g/mol. The van der Waals surface area contributed by atoms with Crippen LogP contribution in [0.4, 0.5) is 4.39 Å². The van der Waals surface area contributed by atoms with Crippen LogP contribution in [0.2, 0.25) is 0 Å². The van der Waals surface area contributed by atoms with Crippen molar-refractivity contribution in [3.8, 4) is 22.9 Å². The van der Waals surface area contributed by atoms with Gasteiger partial charge in [-0.25, -0.2) is 9.49 Å². The molecular formula is C24H20BrFN4O2S. The molecule has 0 atom stereocenters. The minimum absolute atomic E-state index is 0.0728. The standard InChI is InChI=1S/C24H20BrFN4O2S/c1-2-31-21-13-16(12-19(25)22(21)32-15-18-10-6-7-11-20(18)26)14-27-30-23(28-29-24(30)33)17-8-4-3-5-9-17/h3-14H,2,15H2,1H3,(H,29,33)/b27-14-. The summed E-state index contributed by atoms with van der Waals surface area (Å²) in [4.78, 5) is 0. The molecule has 4 rings (SSSR count). The van der Waals surface area contributed by atoms with Crippen LogP contribution >= 0.6 is 28.1 Å².